The van der Waals surface area contributed by atoms with E-state index < -0.39 is 0 Å². The van der Waals surface area contributed by atoms with Gasteiger partial charge in [-0.1, -0.05) is 34.1 Å². The molecule has 1 nitrogen and oxygen atoms in total. The third-order valence-corrected chi connectivity index (χ3v) is 3.61. The number of rotatable bonds is 3. The fourth-order valence-electron chi connectivity index (χ4n) is 2.16. The van der Waals surface area contributed by atoms with Crippen molar-refractivity contribution in [2.75, 3.05) is 5.32 Å². The lowest BCUT2D eigenvalue weighted by Gasteiger charge is -2.12. The van der Waals surface area contributed by atoms with Gasteiger partial charge in [0.15, 0.2) is 0 Å². The second kappa shape index (κ2) is 5.57. The zero-order chi connectivity index (χ0) is 13.1. The normalized spacial score (nSPS) is 10.4. The van der Waals surface area contributed by atoms with E-state index in [9.17, 15) is 0 Å². The third-order valence-electron chi connectivity index (χ3n) is 3.16. The van der Waals surface area contributed by atoms with Crippen molar-refractivity contribution in [2.45, 2.75) is 27.3 Å². The molecule has 2 rings (SSSR count). The van der Waals surface area contributed by atoms with Gasteiger partial charge in [-0.05, 0) is 61.2 Å². The Bertz CT molecular complexity index is 521. The summed E-state index contributed by atoms with van der Waals surface area (Å²) in [6.07, 6.45) is 0. The quantitative estimate of drug-likeness (QED) is 0.842. The van der Waals surface area contributed by atoms with Crippen LogP contribution in [0.1, 0.15) is 22.3 Å². The van der Waals surface area contributed by atoms with Gasteiger partial charge in [-0.15, -0.1) is 0 Å². The molecule has 0 bridgehead atoms. The standard InChI is InChI=1S/C16H18BrN/c1-11-7-14(17)9-15(8-11)18-10-16-12(2)5-4-6-13(16)3/h4-9,18H,10H2,1-3H3. The van der Waals surface area contributed by atoms with Crippen LogP contribution in [-0.4, -0.2) is 0 Å². The molecule has 0 fully saturated rings. The first-order chi connectivity index (χ1) is 8.56. The Labute approximate surface area is 117 Å². The van der Waals surface area contributed by atoms with Gasteiger partial charge < -0.3 is 5.32 Å². The Morgan fingerprint density at radius 2 is 1.67 bits per heavy atom. The summed E-state index contributed by atoms with van der Waals surface area (Å²) < 4.78 is 1.12. The van der Waals surface area contributed by atoms with E-state index in [4.69, 9.17) is 0 Å². The summed E-state index contributed by atoms with van der Waals surface area (Å²) in [5.74, 6) is 0. The Kier molecular flexibility index (Phi) is 4.07. The molecule has 0 atom stereocenters. The summed E-state index contributed by atoms with van der Waals surface area (Å²) >= 11 is 3.53. The first-order valence-electron chi connectivity index (χ1n) is 6.12. The molecular formula is C16H18BrN. The lowest BCUT2D eigenvalue weighted by atomic mass is 10.0. The van der Waals surface area contributed by atoms with Crippen LogP contribution in [0.15, 0.2) is 40.9 Å². The van der Waals surface area contributed by atoms with Gasteiger partial charge >= 0.3 is 0 Å². The van der Waals surface area contributed by atoms with E-state index in [0.29, 0.717) is 0 Å². The number of halogens is 1. The number of anilines is 1. The zero-order valence-electron chi connectivity index (χ0n) is 11.0. The van der Waals surface area contributed by atoms with E-state index in [-0.39, 0.29) is 0 Å². The molecule has 0 aliphatic carbocycles. The summed E-state index contributed by atoms with van der Waals surface area (Å²) in [6.45, 7) is 7.30. The molecule has 0 aliphatic heterocycles. The average molecular weight is 304 g/mol. The molecule has 2 aromatic rings. The molecule has 0 saturated carbocycles. The SMILES string of the molecule is Cc1cc(Br)cc(NCc2c(C)cccc2C)c1. The first kappa shape index (κ1) is 13.2. The van der Waals surface area contributed by atoms with Crippen molar-refractivity contribution in [3.63, 3.8) is 0 Å². The number of hydrogen-bond donors (Lipinski definition) is 1. The van der Waals surface area contributed by atoms with Gasteiger partial charge in [-0.3, -0.25) is 0 Å². The van der Waals surface area contributed by atoms with Gasteiger partial charge in [0.05, 0.1) is 0 Å². The molecule has 0 amide bonds. The van der Waals surface area contributed by atoms with Crippen LogP contribution >= 0.6 is 15.9 Å². The van der Waals surface area contributed by atoms with Crippen molar-refractivity contribution in [3.8, 4) is 0 Å². The highest BCUT2D eigenvalue weighted by atomic mass is 79.9. The second-order valence-electron chi connectivity index (χ2n) is 4.74. The van der Waals surface area contributed by atoms with Crippen LogP contribution in [-0.2, 0) is 6.54 Å². The van der Waals surface area contributed by atoms with E-state index in [1.807, 2.05) is 0 Å². The van der Waals surface area contributed by atoms with Crippen molar-refractivity contribution in [2.24, 2.45) is 0 Å². The topological polar surface area (TPSA) is 12.0 Å². The highest BCUT2D eigenvalue weighted by Crippen LogP contribution is 2.21. The Morgan fingerprint density at radius 3 is 2.28 bits per heavy atom. The molecule has 18 heavy (non-hydrogen) atoms. The van der Waals surface area contributed by atoms with Gasteiger partial charge in [0.2, 0.25) is 0 Å². The van der Waals surface area contributed by atoms with Crippen molar-refractivity contribution in [1.29, 1.82) is 0 Å². The van der Waals surface area contributed by atoms with Gasteiger partial charge in [-0.2, -0.15) is 0 Å². The second-order valence-corrected chi connectivity index (χ2v) is 5.66. The molecule has 0 spiro atoms. The molecule has 0 heterocycles. The number of aryl methyl sites for hydroxylation is 3. The number of nitrogens with one attached hydrogen (secondary N) is 1. The number of benzene rings is 2. The van der Waals surface area contributed by atoms with Crippen LogP contribution in [0.4, 0.5) is 5.69 Å². The molecule has 0 aliphatic rings. The van der Waals surface area contributed by atoms with E-state index in [0.717, 1.165) is 16.7 Å². The Hall–Kier alpha value is -1.28. The smallest absolute Gasteiger partial charge is 0.0406 e. The summed E-state index contributed by atoms with van der Waals surface area (Å²) in [5.41, 5.74) is 6.48. The lowest BCUT2D eigenvalue weighted by molar-refractivity contribution is 1.09. The van der Waals surface area contributed by atoms with E-state index >= 15 is 0 Å². The van der Waals surface area contributed by atoms with Crippen molar-refractivity contribution >= 4 is 21.6 Å². The maximum absolute atomic E-state index is 3.53. The van der Waals surface area contributed by atoms with Gasteiger partial charge in [0.1, 0.15) is 0 Å². The third kappa shape index (κ3) is 3.14. The minimum Gasteiger partial charge on any atom is -0.381 e. The first-order valence-corrected chi connectivity index (χ1v) is 6.92. The molecule has 0 aromatic heterocycles. The van der Waals surface area contributed by atoms with Gasteiger partial charge in [0, 0.05) is 16.7 Å². The van der Waals surface area contributed by atoms with Crippen LogP contribution in [0.5, 0.6) is 0 Å². The molecule has 0 radical (unpaired) electrons. The highest BCUT2D eigenvalue weighted by molar-refractivity contribution is 9.10. The van der Waals surface area contributed by atoms with E-state index in [2.05, 4.69) is 78.4 Å². The predicted octanol–water partition coefficient (Wildman–Crippen LogP) is 4.99. The molecule has 94 valence electrons. The van der Waals surface area contributed by atoms with Crippen molar-refractivity contribution < 1.29 is 0 Å². The van der Waals surface area contributed by atoms with Gasteiger partial charge in [-0.25, -0.2) is 0 Å². The molecule has 2 aromatic carbocycles. The summed E-state index contributed by atoms with van der Waals surface area (Å²) in [7, 11) is 0. The Balaban J connectivity index is 2.16. The van der Waals surface area contributed by atoms with Crippen LogP contribution in [0.25, 0.3) is 0 Å². The van der Waals surface area contributed by atoms with Crippen molar-refractivity contribution in [1.82, 2.24) is 0 Å². The predicted molar refractivity (Wildman–Crippen MR) is 82.1 cm³/mol. The molecule has 0 unspecified atom stereocenters. The Morgan fingerprint density at radius 1 is 1.00 bits per heavy atom. The van der Waals surface area contributed by atoms with Crippen LogP contribution < -0.4 is 5.32 Å². The largest absolute Gasteiger partial charge is 0.381 e. The van der Waals surface area contributed by atoms with Crippen LogP contribution in [0.3, 0.4) is 0 Å². The monoisotopic (exact) mass is 303 g/mol. The zero-order valence-corrected chi connectivity index (χ0v) is 12.6. The number of hydrogen-bond acceptors (Lipinski definition) is 1. The fraction of sp³-hybridized carbons (Fsp3) is 0.250. The average Bonchev–Trinajstić information content (AvgIpc) is 2.27. The van der Waals surface area contributed by atoms with Crippen LogP contribution in [0, 0.1) is 20.8 Å². The molecular weight excluding hydrogens is 286 g/mol. The fourth-order valence-corrected chi connectivity index (χ4v) is 2.76. The maximum Gasteiger partial charge on any atom is 0.0406 e. The van der Waals surface area contributed by atoms with Crippen molar-refractivity contribution in [3.05, 3.63) is 63.1 Å². The van der Waals surface area contributed by atoms with E-state index in [1.165, 1.54) is 22.3 Å². The lowest BCUT2D eigenvalue weighted by Crippen LogP contribution is -2.03. The summed E-state index contributed by atoms with van der Waals surface area (Å²) in [4.78, 5) is 0. The van der Waals surface area contributed by atoms with E-state index in [1.54, 1.807) is 0 Å². The minimum absolute atomic E-state index is 0.869. The molecule has 1 N–H and O–H groups in total. The van der Waals surface area contributed by atoms with Crippen LogP contribution in [0.2, 0.25) is 0 Å². The molecule has 0 saturated heterocycles. The minimum atomic E-state index is 0.869. The molecule has 2 heteroatoms. The summed E-state index contributed by atoms with van der Waals surface area (Å²) in [6, 6.07) is 12.8. The van der Waals surface area contributed by atoms with Gasteiger partial charge in [0.25, 0.3) is 0 Å². The highest BCUT2D eigenvalue weighted by Gasteiger charge is 2.02. The maximum atomic E-state index is 3.53. The summed E-state index contributed by atoms with van der Waals surface area (Å²) in [5, 5.41) is 3.49.